The van der Waals surface area contributed by atoms with E-state index in [1.165, 1.54) is 0 Å². The second kappa shape index (κ2) is 9.45. The average molecular weight is 422 g/mol. The van der Waals surface area contributed by atoms with E-state index in [-0.39, 0.29) is 17.2 Å². The first-order valence-electron chi connectivity index (χ1n) is 9.54. The first-order valence-corrected chi connectivity index (χ1v) is 11.1. The van der Waals surface area contributed by atoms with Crippen LogP contribution in [0.1, 0.15) is 19.4 Å². The minimum Gasteiger partial charge on any atom is -0.326 e. The van der Waals surface area contributed by atoms with Gasteiger partial charge in [0.25, 0.3) is 0 Å². The maximum atomic E-state index is 12.3. The number of carbonyl (C=O) groups excluding carboxylic acids is 1. The third-order valence-corrected chi connectivity index (χ3v) is 6.60. The number of anilines is 1. The van der Waals surface area contributed by atoms with Gasteiger partial charge in [0, 0.05) is 5.69 Å². The zero-order valence-corrected chi connectivity index (χ0v) is 17.6. The Bertz CT molecular complexity index is 1120. The Kier molecular flexibility index (Phi) is 6.74. The molecule has 0 radical (unpaired) electrons. The first kappa shape index (κ1) is 21.4. The molecule has 3 aromatic carbocycles. The molecule has 1 N–H and O–H groups in total. The highest BCUT2D eigenvalue weighted by atomic mass is 32.2. The Labute approximate surface area is 176 Å². The number of hydrogen-bond acceptors (Lipinski definition) is 5. The maximum absolute atomic E-state index is 12.3. The molecule has 30 heavy (non-hydrogen) atoms. The van der Waals surface area contributed by atoms with E-state index in [4.69, 9.17) is 0 Å². The number of benzene rings is 3. The van der Waals surface area contributed by atoms with Crippen LogP contribution in [-0.4, -0.2) is 19.6 Å². The summed E-state index contributed by atoms with van der Waals surface area (Å²) in [5, 5.41) is 10.7. The number of sulfone groups is 1. The zero-order chi connectivity index (χ0) is 21.6. The zero-order valence-electron chi connectivity index (χ0n) is 16.8. The van der Waals surface area contributed by atoms with E-state index in [1.54, 1.807) is 62.4 Å². The van der Waals surface area contributed by atoms with Gasteiger partial charge in [-0.1, -0.05) is 30.3 Å². The summed E-state index contributed by atoms with van der Waals surface area (Å²) in [5.74, 6) is -0.187. The van der Waals surface area contributed by atoms with Crippen LogP contribution in [0, 0.1) is 0 Å². The lowest BCUT2D eigenvalue weighted by atomic mass is 10.1. The molecule has 154 valence electrons. The maximum Gasteiger partial charge on any atom is 0.228 e. The number of rotatable bonds is 7. The molecule has 0 unspecified atom stereocenters. The lowest BCUT2D eigenvalue weighted by Crippen LogP contribution is -2.15. The topological polar surface area (TPSA) is 88.0 Å². The van der Waals surface area contributed by atoms with Crippen LogP contribution < -0.4 is 5.32 Å². The molecule has 0 saturated carbocycles. The average Bonchev–Trinajstić information content (AvgIpc) is 2.74. The molecule has 0 spiro atoms. The molecule has 0 heterocycles. The quantitative estimate of drug-likeness (QED) is 0.513. The van der Waals surface area contributed by atoms with Gasteiger partial charge in [0.05, 0.1) is 27.9 Å². The van der Waals surface area contributed by atoms with Crippen molar-refractivity contribution < 1.29 is 13.2 Å². The number of nitrogens with zero attached hydrogens (tertiary/aromatic N) is 2. The molecule has 0 aliphatic heterocycles. The number of azo groups is 1. The van der Waals surface area contributed by atoms with Gasteiger partial charge >= 0.3 is 0 Å². The second-order valence-corrected chi connectivity index (χ2v) is 9.55. The molecule has 0 saturated heterocycles. The minimum atomic E-state index is -3.31. The van der Waals surface area contributed by atoms with Crippen molar-refractivity contribution in [2.24, 2.45) is 10.2 Å². The molecule has 6 nitrogen and oxygen atoms in total. The number of amides is 1. The highest BCUT2D eigenvalue weighted by Crippen LogP contribution is 2.21. The molecule has 7 heteroatoms. The summed E-state index contributed by atoms with van der Waals surface area (Å²) in [6, 6.07) is 22.9. The first-order chi connectivity index (χ1) is 14.3. The fourth-order valence-corrected chi connectivity index (χ4v) is 3.74. The van der Waals surface area contributed by atoms with Crippen LogP contribution in [0.5, 0.6) is 0 Å². The summed E-state index contributed by atoms with van der Waals surface area (Å²) in [6.07, 6.45) is 0.150. The van der Waals surface area contributed by atoms with Gasteiger partial charge in [-0.3, -0.25) is 4.79 Å². The lowest BCUT2D eigenvalue weighted by molar-refractivity contribution is -0.115. The van der Waals surface area contributed by atoms with Gasteiger partial charge in [0.15, 0.2) is 9.84 Å². The molecule has 1 amide bonds. The van der Waals surface area contributed by atoms with E-state index in [1.807, 2.05) is 30.3 Å². The van der Waals surface area contributed by atoms with Crippen molar-refractivity contribution in [3.63, 3.8) is 0 Å². The van der Waals surface area contributed by atoms with Crippen molar-refractivity contribution in [3.8, 4) is 0 Å². The SMILES string of the molecule is CC(C)S(=O)(=O)c1ccc(CC(=O)Nc2ccc(N=Nc3ccccc3)cc2)cc1. The van der Waals surface area contributed by atoms with Crippen molar-refractivity contribution in [1.29, 1.82) is 0 Å². The summed E-state index contributed by atoms with van der Waals surface area (Å²) in [5.41, 5.74) is 2.84. The van der Waals surface area contributed by atoms with E-state index < -0.39 is 15.1 Å². The third-order valence-electron chi connectivity index (χ3n) is 4.43. The van der Waals surface area contributed by atoms with Gasteiger partial charge in [-0.25, -0.2) is 8.42 Å². The Morgan fingerprint density at radius 2 is 1.40 bits per heavy atom. The van der Waals surface area contributed by atoms with Crippen LogP contribution in [0.3, 0.4) is 0 Å². The van der Waals surface area contributed by atoms with Crippen molar-refractivity contribution in [3.05, 3.63) is 84.4 Å². The molecule has 0 atom stereocenters. The predicted octanol–water partition coefficient (Wildman–Crippen LogP) is 5.47. The van der Waals surface area contributed by atoms with E-state index in [0.717, 1.165) is 11.3 Å². The summed E-state index contributed by atoms with van der Waals surface area (Å²) < 4.78 is 24.3. The van der Waals surface area contributed by atoms with E-state index >= 15 is 0 Å². The van der Waals surface area contributed by atoms with Crippen molar-refractivity contribution in [2.75, 3.05) is 5.32 Å². The fourth-order valence-electron chi connectivity index (χ4n) is 2.68. The van der Waals surface area contributed by atoms with Crippen LogP contribution in [-0.2, 0) is 21.1 Å². The van der Waals surface area contributed by atoms with Gasteiger partial charge in [-0.2, -0.15) is 10.2 Å². The molecule has 0 aromatic heterocycles. The van der Waals surface area contributed by atoms with Gasteiger partial charge in [0.1, 0.15) is 0 Å². The van der Waals surface area contributed by atoms with E-state index in [2.05, 4.69) is 15.5 Å². The highest BCUT2D eigenvalue weighted by Gasteiger charge is 2.18. The van der Waals surface area contributed by atoms with Gasteiger partial charge in [-0.05, 0) is 67.9 Å². The van der Waals surface area contributed by atoms with Crippen molar-refractivity contribution in [1.82, 2.24) is 0 Å². The number of carbonyl (C=O) groups is 1. The standard InChI is InChI=1S/C23H23N3O3S/c1-17(2)30(28,29)22-14-8-18(9-15-22)16-23(27)24-19-10-12-21(13-11-19)26-25-20-6-4-3-5-7-20/h3-15,17H,16H2,1-2H3,(H,24,27). The molecule has 3 rings (SSSR count). The molecule has 0 aliphatic rings. The van der Waals surface area contributed by atoms with Crippen LogP contribution in [0.25, 0.3) is 0 Å². The van der Waals surface area contributed by atoms with Crippen molar-refractivity contribution >= 4 is 32.8 Å². The third kappa shape index (κ3) is 5.61. The predicted molar refractivity (Wildman–Crippen MR) is 118 cm³/mol. The minimum absolute atomic E-state index is 0.150. The van der Waals surface area contributed by atoms with E-state index in [9.17, 15) is 13.2 Å². The molecule has 0 aliphatic carbocycles. The van der Waals surface area contributed by atoms with Crippen molar-refractivity contribution in [2.45, 2.75) is 30.4 Å². The molecule has 0 fully saturated rings. The summed E-state index contributed by atoms with van der Waals surface area (Å²) in [4.78, 5) is 12.6. The summed E-state index contributed by atoms with van der Waals surface area (Å²) >= 11 is 0. The van der Waals surface area contributed by atoms with Crippen LogP contribution >= 0.6 is 0 Å². The molecule has 0 bridgehead atoms. The number of nitrogens with one attached hydrogen (secondary N) is 1. The van der Waals surface area contributed by atoms with Gasteiger partial charge in [-0.15, -0.1) is 0 Å². The van der Waals surface area contributed by atoms with E-state index in [0.29, 0.717) is 11.4 Å². The Morgan fingerprint density at radius 3 is 1.97 bits per heavy atom. The van der Waals surface area contributed by atoms with Crippen LogP contribution in [0.2, 0.25) is 0 Å². The summed E-state index contributed by atoms with van der Waals surface area (Å²) in [6.45, 7) is 3.29. The molecular weight excluding hydrogens is 398 g/mol. The Morgan fingerprint density at radius 1 is 0.833 bits per heavy atom. The van der Waals surface area contributed by atoms with Crippen LogP contribution in [0.15, 0.2) is 94.0 Å². The monoisotopic (exact) mass is 421 g/mol. The largest absolute Gasteiger partial charge is 0.326 e. The lowest BCUT2D eigenvalue weighted by Gasteiger charge is -2.09. The normalized spacial score (nSPS) is 11.7. The van der Waals surface area contributed by atoms with Gasteiger partial charge < -0.3 is 5.32 Å². The number of hydrogen-bond donors (Lipinski definition) is 1. The Hall–Kier alpha value is -3.32. The smallest absolute Gasteiger partial charge is 0.228 e. The van der Waals surface area contributed by atoms with Crippen LogP contribution in [0.4, 0.5) is 17.1 Å². The molecular formula is C23H23N3O3S. The van der Waals surface area contributed by atoms with Gasteiger partial charge in [0.2, 0.25) is 5.91 Å². The molecule has 3 aromatic rings. The highest BCUT2D eigenvalue weighted by molar-refractivity contribution is 7.92. The summed E-state index contributed by atoms with van der Waals surface area (Å²) in [7, 11) is -3.31. The fraction of sp³-hybridized carbons (Fsp3) is 0.174. The Balaban J connectivity index is 1.58. The second-order valence-electron chi connectivity index (χ2n) is 7.05.